The molecule has 19 heavy (non-hydrogen) atoms. The molecule has 0 bridgehead atoms. The maximum absolute atomic E-state index is 12.2. The van der Waals surface area contributed by atoms with E-state index in [0.717, 1.165) is 30.1 Å². The number of rotatable bonds is 0. The molecular weight excluding hydrogens is 260 g/mol. The Morgan fingerprint density at radius 1 is 1.32 bits per heavy atom. The molecule has 4 heteroatoms. The fourth-order valence-corrected chi connectivity index (χ4v) is 4.56. The summed E-state index contributed by atoms with van der Waals surface area (Å²) < 4.78 is 1.78. The third-order valence-electron chi connectivity index (χ3n) is 5.52. The zero-order valence-electron chi connectivity index (χ0n) is 12.1. The second kappa shape index (κ2) is 3.85. The molecule has 3 nitrogen and oxygen atoms in total. The Labute approximate surface area is 119 Å². The first-order valence-electron chi connectivity index (χ1n) is 7.03. The monoisotopic (exact) mass is 280 g/mol. The van der Waals surface area contributed by atoms with E-state index in [1.165, 1.54) is 5.56 Å². The van der Waals surface area contributed by atoms with Gasteiger partial charge in [0.15, 0.2) is 0 Å². The highest BCUT2D eigenvalue weighted by molar-refractivity contribution is 6.30. The van der Waals surface area contributed by atoms with Crippen molar-refractivity contribution >= 4 is 17.4 Å². The summed E-state index contributed by atoms with van der Waals surface area (Å²) in [5.74, 6) is 0.778. The molecule has 1 aromatic heterocycles. The van der Waals surface area contributed by atoms with Crippen LogP contribution in [-0.2, 0) is 23.7 Å². The first kappa shape index (κ1) is 13.2. The zero-order valence-corrected chi connectivity index (χ0v) is 12.8. The topological polar surface area (TPSA) is 34.9 Å². The van der Waals surface area contributed by atoms with Gasteiger partial charge in [0, 0.05) is 29.9 Å². The number of aromatic nitrogens is 2. The van der Waals surface area contributed by atoms with E-state index >= 15 is 0 Å². The van der Waals surface area contributed by atoms with E-state index in [0.29, 0.717) is 18.1 Å². The molecule has 0 spiro atoms. The van der Waals surface area contributed by atoms with Crippen molar-refractivity contribution in [1.82, 2.24) is 9.78 Å². The minimum absolute atomic E-state index is 0.00407. The van der Waals surface area contributed by atoms with E-state index in [1.807, 2.05) is 7.05 Å². The lowest BCUT2D eigenvalue weighted by molar-refractivity contribution is -0.137. The summed E-state index contributed by atoms with van der Waals surface area (Å²) in [5.41, 5.74) is 2.09. The van der Waals surface area contributed by atoms with Crippen molar-refractivity contribution in [1.29, 1.82) is 0 Å². The van der Waals surface area contributed by atoms with Crippen molar-refractivity contribution in [3.8, 4) is 0 Å². The lowest BCUT2D eigenvalue weighted by atomic mass is 9.51. The van der Waals surface area contributed by atoms with Gasteiger partial charge in [-0.1, -0.05) is 32.4 Å². The highest BCUT2D eigenvalue weighted by atomic mass is 35.5. The predicted molar refractivity (Wildman–Crippen MR) is 75.4 cm³/mol. The molecule has 1 aromatic rings. The van der Waals surface area contributed by atoms with E-state index in [1.54, 1.807) is 4.68 Å². The molecule has 0 amide bonds. The van der Waals surface area contributed by atoms with Crippen LogP contribution >= 0.6 is 11.6 Å². The summed E-state index contributed by atoms with van der Waals surface area (Å²) in [6.45, 7) is 6.48. The molecule has 0 saturated heterocycles. The van der Waals surface area contributed by atoms with Gasteiger partial charge < -0.3 is 0 Å². The van der Waals surface area contributed by atoms with Crippen LogP contribution in [0.3, 0.4) is 0 Å². The van der Waals surface area contributed by atoms with Crippen molar-refractivity contribution in [3.63, 3.8) is 0 Å². The molecule has 0 radical (unpaired) electrons. The van der Waals surface area contributed by atoms with Gasteiger partial charge in [0.2, 0.25) is 0 Å². The van der Waals surface area contributed by atoms with Crippen molar-refractivity contribution in [2.45, 2.75) is 51.9 Å². The lowest BCUT2D eigenvalue weighted by Gasteiger charge is -2.51. The van der Waals surface area contributed by atoms with Crippen LogP contribution in [0.2, 0.25) is 5.15 Å². The predicted octanol–water partition coefficient (Wildman–Crippen LogP) is 3.28. The van der Waals surface area contributed by atoms with Crippen LogP contribution in [0.5, 0.6) is 0 Å². The SMILES string of the molecule is Cn1nc2c(c1Cl)CC[C@H]1C(C)(C)C(=O)CC[C@]21C. The molecule has 0 aliphatic heterocycles. The van der Waals surface area contributed by atoms with Crippen LogP contribution in [-0.4, -0.2) is 15.6 Å². The van der Waals surface area contributed by atoms with Gasteiger partial charge in [-0.2, -0.15) is 5.10 Å². The van der Waals surface area contributed by atoms with Crippen LogP contribution in [0.25, 0.3) is 0 Å². The average Bonchev–Trinajstić information content (AvgIpc) is 2.63. The third kappa shape index (κ3) is 1.57. The standard InChI is InChI=1S/C15H21ClN2O/c1-14(2)10-6-5-9-12(17-18(4)13(9)16)15(10,3)8-7-11(14)19/h10H,5-8H2,1-4H3/t10-,15-/m0/s1. The number of hydrogen-bond acceptors (Lipinski definition) is 2. The molecule has 0 unspecified atom stereocenters. The summed E-state index contributed by atoms with van der Waals surface area (Å²) in [6.07, 6.45) is 3.54. The third-order valence-corrected chi connectivity index (χ3v) is 6.00. The number of aryl methyl sites for hydroxylation is 1. The number of fused-ring (bicyclic) bond motifs is 3. The number of ketones is 1. The van der Waals surface area contributed by atoms with Gasteiger partial charge in [0.05, 0.1) is 5.69 Å². The Balaban J connectivity index is 2.16. The van der Waals surface area contributed by atoms with Gasteiger partial charge >= 0.3 is 0 Å². The first-order chi connectivity index (χ1) is 8.78. The van der Waals surface area contributed by atoms with Gasteiger partial charge in [0.25, 0.3) is 0 Å². The van der Waals surface area contributed by atoms with Crippen LogP contribution < -0.4 is 0 Å². The first-order valence-corrected chi connectivity index (χ1v) is 7.41. The summed E-state index contributed by atoms with van der Waals surface area (Å²) in [6, 6.07) is 0. The molecule has 0 aromatic carbocycles. The van der Waals surface area contributed by atoms with Gasteiger partial charge in [-0.3, -0.25) is 9.48 Å². The smallest absolute Gasteiger partial charge is 0.138 e. The number of nitrogens with zero attached hydrogens (tertiary/aromatic N) is 2. The molecule has 2 aliphatic rings. The quantitative estimate of drug-likeness (QED) is 0.731. The molecule has 1 heterocycles. The summed E-state index contributed by atoms with van der Waals surface area (Å²) in [4.78, 5) is 12.2. The van der Waals surface area contributed by atoms with Crippen LogP contribution in [0.15, 0.2) is 0 Å². The van der Waals surface area contributed by atoms with Crippen LogP contribution in [0.4, 0.5) is 0 Å². The molecule has 3 rings (SSSR count). The Kier molecular flexibility index (Phi) is 2.66. The largest absolute Gasteiger partial charge is 0.299 e. The number of Topliss-reactive ketones (excluding diaryl/α,β-unsaturated/α-hetero) is 1. The summed E-state index contributed by atoms with van der Waals surface area (Å²) in [7, 11) is 1.90. The van der Waals surface area contributed by atoms with E-state index in [4.69, 9.17) is 11.6 Å². The highest BCUT2D eigenvalue weighted by Gasteiger charge is 2.55. The number of halogens is 1. The summed E-state index contributed by atoms with van der Waals surface area (Å²) in [5, 5.41) is 5.44. The maximum Gasteiger partial charge on any atom is 0.138 e. The van der Waals surface area contributed by atoms with E-state index in [2.05, 4.69) is 25.9 Å². The van der Waals surface area contributed by atoms with E-state index < -0.39 is 0 Å². The second-order valence-electron chi connectivity index (χ2n) is 6.90. The van der Waals surface area contributed by atoms with E-state index in [-0.39, 0.29) is 10.8 Å². The fraction of sp³-hybridized carbons (Fsp3) is 0.733. The lowest BCUT2D eigenvalue weighted by Crippen LogP contribution is -2.52. The molecule has 2 aliphatic carbocycles. The van der Waals surface area contributed by atoms with E-state index in [9.17, 15) is 4.79 Å². The molecular formula is C15H21ClN2O. The Hall–Kier alpha value is -0.830. The fourth-order valence-electron chi connectivity index (χ4n) is 4.34. The average molecular weight is 281 g/mol. The number of carbonyl (C=O) groups excluding carboxylic acids is 1. The Morgan fingerprint density at radius 3 is 2.68 bits per heavy atom. The number of hydrogen-bond donors (Lipinski definition) is 0. The van der Waals surface area contributed by atoms with Crippen LogP contribution in [0, 0.1) is 11.3 Å². The molecule has 1 saturated carbocycles. The van der Waals surface area contributed by atoms with Crippen LogP contribution in [0.1, 0.15) is 51.3 Å². The van der Waals surface area contributed by atoms with Gasteiger partial charge in [-0.05, 0) is 25.2 Å². The maximum atomic E-state index is 12.2. The second-order valence-corrected chi connectivity index (χ2v) is 7.25. The minimum Gasteiger partial charge on any atom is -0.299 e. The molecule has 104 valence electrons. The van der Waals surface area contributed by atoms with Crippen molar-refractivity contribution < 1.29 is 4.79 Å². The van der Waals surface area contributed by atoms with Gasteiger partial charge in [-0.15, -0.1) is 0 Å². The zero-order chi connectivity index (χ0) is 14.0. The number of carbonyl (C=O) groups is 1. The highest BCUT2D eigenvalue weighted by Crippen LogP contribution is 2.56. The van der Waals surface area contributed by atoms with Gasteiger partial charge in [-0.25, -0.2) is 0 Å². The minimum atomic E-state index is -0.241. The molecule has 0 N–H and O–H groups in total. The van der Waals surface area contributed by atoms with Crippen molar-refractivity contribution in [2.75, 3.05) is 0 Å². The Bertz CT molecular complexity index is 561. The Morgan fingerprint density at radius 2 is 2.00 bits per heavy atom. The van der Waals surface area contributed by atoms with Crippen molar-refractivity contribution in [3.05, 3.63) is 16.4 Å². The molecule has 1 fully saturated rings. The van der Waals surface area contributed by atoms with Gasteiger partial charge in [0.1, 0.15) is 10.9 Å². The molecule has 2 atom stereocenters. The summed E-state index contributed by atoms with van der Waals surface area (Å²) >= 11 is 6.35. The normalized spacial score (nSPS) is 32.9. The van der Waals surface area contributed by atoms with Crippen molar-refractivity contribution in [2.24, 2.45) is 18.4 Å².